The topological polar surface area (TPSA) is 62.5 Å². The molecule has 128 valence electrons. The first-order valence-electron chi connectivity index (χ1n) is 9.58. The van der Waals surface area contributed by atoms with E-state index in [1.165, 1.54) is 0 Å². The lowest BCUT2D eigenvalue weighted by atomic mass is 10.1. The second-order valence-electron chi connectivity index (χ2n) is 5.59. The van der Waals surface area contributed by atoms with E-state index >= 15 is 0 Å². The van der Waals surface area contributed by atoms with Crippen molar-refractivity contribution in [2.24, 2.45) is 0 Å². The Morgan fingerprint density at radius 2 is 1.22 bits per heavy atom. The number of hydrogen-bond acceptors (Lipinski definition) is 4. The average Bonchev–Trinajstić information content (AvgIpc) is 2.79. The van der Waals surface area contributed by atoms with Crippen LogP contribution in [0.15, 0.2) is 78.8 Å². The number of halogens is 1. The van der Waals surface area contributed by atoms with Gasteiger partial charge in [-0.15, -0.1) is 0 Å². The van der Waals surface area contributed by atoms with E-state index in [0.29, 0.717) is 22.8 Å². The summed E-state index contributed by atoms with van der Waals surface area (Å²) in [5.41, 5.74) is 0.568. The normalized spacial score (nSPS) is 11.9. The van der Waals surface area contributed by atoms with Crippen LogP contribution in [0.2, 0.25) is 0 Å². The number of nitriles is 1. The van der Waals surface area contributed by atoms with Crippen LogP contribution in [0.3, 0.4) is 0 Å². The zero-order chi connectivity index (χ0) is 21.3. The zero-order valence-electron chi connectivity index (χ0n) is 16.9. The molecule has 1 heterocycles. The number of aromatic nitrogens is 3. The lowest BCUT2D eigenvalue weighted by Gasteiger charge is -2.08. The van der Waals surface area contributed by atoms with Gasteiger partial charge in [0.25, 0.3) is 0 Å². The summed E-state index contributed by atoms with van der Waals surface area (Å²) in [5.74, 6) is -0.667. The van der Waals surface area contributed by atoms with Gasteiger partial charge in [-0.25, -0.2) is 19.3 Å². The highest BCUT2D eigenvalue weighted by Gasteiger charge is 2.13. The molecule has 0 aliphatic carbocycles. The molecule has 0 aliphatic rings. The number of benzene rings is 3. The second-order valence-corrected chi connectivity index (χ2v) is 5.59. The van der Waals surface area contributed by atoms with Crippen LogP contribution in [-0.4, -0.2) is 15.0 Å². The summed E-state index contributed by atoms with van der Waals surface area (Å²) in [6.07, 6.45) is 0. The van der Waals surface area contributed by atoms with Crippen LogP contribution < -0.4 is 0 Å². The van der Waals surface area contributed by atoms with Crippen molar-refractivity contribution in [2.45, 2.75) is 0 Å². The van der Waals surface area contributed by atoms with Crippen molar-refractivity contribution in [3.05, 3.63) is 90.2 Å². The third-order valence-corrected chi connectivity index (χ3v) is 3.80. The summed E-state index contributed by atoms with van der Waals surface area (Å²) >= 11 is 0. The molecule has 0 spiro atoms. The van der Waals surface area contributed by atoms with Gasteiger partial charge in [0.2, 0.25) is 0 Å². The van der Waals surface area contributed by atoms with Gasteiger partial charge < -0.3 is 0 Å². The van der Waals surface area contributed by atoms with Gasteiger partial charge in [-0.1, -0.05) is 60.7 Å². The summed E-state index contributed by atoms with van der Waals surface area (Å²) in [4.78, 5) is 13.3. The van der Waals surface area contributed by atoms with Gasteiger partial charge in [-0.05, 0) is 18.1 Å². The molecule has 27 heavy (non-hydrogen) atoms. The lowest BCUT2D eigenvalue weighted by Crippen LogP contribution is -2.00. The van der Waals surface area contributed by atoms with Gasteiger partial charge in [-0.2, -0.15) is 5.26 Å². The Morgan fingerprint density at radius 1 is 0.741 bits per heavy atom. The Balaban J connectivity index is 2.04. The molecule has 0 amide bonds. The maximum atomic E-state index is 14.2. The molecular weight excluding hydrogens is 339 g/mol. The van der Waals surface area contributed by atoms with Crippen molar-refractivity contribution in [1.29, 1.82) is 5.26 Å². The van der Waals surface area contributed by atoms with Gasteiger partial charge in [0.1, 0.15) is 11.9 Å². The van der Waals surface area contributed by atoms with Crippen LogP contribution in [0.4, 0.5) is 4.39 Å². The fourth-order valence-electron chi connectivity index (χ4n) is 2.50. The highest BCUT2D eigenvalue weighted by Crippen LogP contribution is 2.25. The first kappa shape index (κ1) is 13.3. The number of rotatable bonds is 3. The molecule has 0 fully saturated rings. The van der Waals surface area contributed by atoms with Crippen molar-refractivity contribution in [2.75, 3.05) is 0 Å². The van der Waals surface area contributed by atoms with Crippen LogP contribution in [0.5, 0.6) is 0 Å². The second kappa shape index (κ2) is 7.14. The molecule has 0 saturated heterocycles. The Kier molecular flexibility index (Phi) is 3.52. The number of nitrogens with zero attached hydrogens (tertiary/aromatic N) is 4. The molecular formula is C22H13FN4. The SMILES string of the molecule is [2H]c1c([2H])c(-c2nc(-c3ccccc3)nc(-c3ccccc3)n2)c([2H])c(C#N)c1F. The fraction of sp³-hybridized carbons (Fsp3) is 0. The third-order valence-electron chi connectivity index (χ3n) is 3.80. The van der Waals surface area contributed by atoms with Crippen molar-refractivity contribution in [1.82, 2.24) is 15.0 Å². The minimum absolute atomic E-state index is 0.0669. The summed E-state index contributed by atoms with van der Waals surface area (Å²) in [7, 11) is 0. The van der Waals surface area contributed by atoms with E-state index in [9.17, 15) is 9.65 Å². The molecule has 0 bridgehead atoms. The zero-order valence-corrected chi connectivity index (χ0v) is 13.9. The minimum Gasteiger partial charge on any atom is -0.208 e. The molecule has 4 aromatic rings. The minimum atomic E-state index is -1.20. The summed E-state index contributed by atoms with van der Waals surface area (Å²) in [5, 5.41) is 9.24. The van der Waals surface area contributed by atoms with Crippen LogP contribution in [0, 0.1) is 17.1 Å². The monoisotopic (exact) mass is 355 g/mol. The van der Waals surface area contributed by atoms with E-state index in [1.54, 1.807) is 30.3 Å². The van der Waals surface area contributed by atoms with Gasteiger partial charge in [0.05, 0.1) is 9.68 Å². The van der Waals surface area contributed by atoms with E-state index in [0.717, 1.165) is 0 Å². The predicted octanol–water partition coefficient (Wildman–Crippen LogP) is 4.88. The molecule has 1 aromatic heterocycles. The quantitative estimate of drug-likeness (QED) is 0.525. The van der Waals surface area contributed by atoms with E-state index < -0.39 is 29.5 Å². The first-order chi connectivity index (χ1) is 14.5. The standard InChI is InChI=1S/C22H13FN4/c23-19-12-11-17(13-18(19)14-24)22-26-20(15-7-3-1-4-8-15)25-21(27-22)16-9-5-2-6-10-16/h1-13H/i11D,12D,13D. The summed E-state index contributed by atoms with van der Waals surface area (Å²) in [6.45, 7) is 0. The third kappa shape index (κ3) is 3.42. The molecule has 5 heteroatoms. The van der Waals surface area contributed by atoms with Crippen LogP contribution in [0.1, 0.15) is 9.68 Å². The van der Waals surface area contributed by atoms with E-state index in [1.807, 2.05) is 36.4 Å². The average molecular weight is 355 g/mol. The Morgan fingerprint density at radius 3 is 1.70 bits per heavy atom. The molecule has 0 radical (unpaired) electrons. The van der Waals surface area contributed by atoms with Crippen molar-refractivity contribution >= 4 is 0 Å². The smallest absolute Gasteiger partial charge is 0.164 e. The fourth-order valence-corrected chi connectivity index (χ4v) is 2.50. The molecule has 4 rings (SSSR count). The summed E-state index contributed by atoms with van der Waals surface area (Å²) in [6, 6.07) is 17.9. The Labute approximate surface area is 159 Å². The van der Waals surface area contributed by atoms with E-state index in [2.05, 4.69) is 15.0 Å². The largest absolute Gasteiger partial charge is 0.208 e. The molecule has 4 nitrogen and oxygen atoms in total. The van der Waals surface area contributed by atoms with Crippen molar-refractivity contribution < 1.29 is 8.50 Å². The van der Waals surface area contributed by atoms with Crippen molar-refractivity contribution in [3.63, 3.8) is 0 Å². The molecule has 3 aromatic carbocycles. The van der Waals surface area contributed by atoms with Crippen LogP contribution >= 0.6 is 0 Å². The maximum absolute atomic E-state index is 14.2. The molecule has 0 atom stereocenters. The highest BCUT2D eigenvalue weighted by atomic mass is 19.1. The molecule has 0 N–H and O–H groups in total. The molecule has 0 saturated carbocycles. The first-order valence-corrected chi connectivity index (χ1v) is 8.08. The van der Waals surface area contributed by atoms with E-state index in [4.69, 9.17) is 4.11 Å². The van der Waals surface area contributed by atoms with Gasteiger partial charge in [-0.3, -0.25) is 0 Å². The van der Waals surface area contributed by atoms with Gasteiger partial charge in [0, 0.05) is 16.7 Å². The predicted molar refractivity (Wildman–Crippen MR) is 101 cm³/mol. The molecule has 0 aliphatic heterocycles. The van der Waals surface area contributed by atoms with Crippen molar-refractivity contribution in [3.8, 4) is 40.2 Å². The Hall–Kier alpha value is -3.91. The van der Waals surface area contributed by atoms with E-state index in [-0.39, 0.29) is 11.4 Å². The summed E-state index contributed by atoms with van der Waals surface area (Å²) < 4.78 is 38.5. The number of hydrogen-bond donors (Lipinski definition) is 0. The van der Waals surface area contributed by atoms with Gasteiger partial charge in [0.15, 0.2) is 17.5 Å². The van der Waals surface area contributed by atoms with Gasteiger partial charge >= 0.3 is 0 Å². The lowest BCUT2D eigenvalue weighted by molar-refractivity contribution is 0.624. The Bertz CT molecular complexity index is 1230. The molecule has 0 unspecified atom stereocenters. The van der Waals surface area contributed by atoms with Crippen LogP contribution in [0.25, 0.3) is 34.2 Å². The highest BCUT2D eigenvalue weighted by molar-refractivity contribution is 5.67. The maximum Gasteiger partial charge on any atom is 0.164 e. The van der Waals surface area contributed by atoms with Crippen LogP contribution in [-0.2, 0) is 0 Å².